The van der Waals surface area contributed by atoms with Gasteiger partial charge in [-0.15, -0.1) is 0 Å². The molecule has 0 atom stereocenters. The highest BCUT2D eigenvalue weighted by Gasteiger charge is 1.98. The summed E-state index contributed by atoms with van der Waals surface area (Å²) in [6.45, 7) is 5.01. The van der Waals surface area contributed by atoms with Gasteiger partial charge in [-0.1, -0.05) is 155 Å². The van der Waals surface area contributed by atoms with Crippen molar-refractivity contribution < 1.29 is 30.0 Å². The summed E-state index contributed by atoms with van der Waals surface area (Å²) in [7, 11) is 0. The van der Waals surface area contributed by atoms with E-state index in [2.05, 4.69) is 13.8 Å². The lowest BCUT2D eigenvalue weighted by molar-refractivity contribution is -0.138. The molecule has 4 N–H and O–H groups in total. The molecule has 0 aromatic rings. The first-order valence-corrected chi connectivity index (χ1v) is 17.6. The van der Waals surface area contributed by atoms with E-state index >= 15 is 0 Å². The van der Waals surface area contributed by atoms with Crippen molar-refractivity contribution in [2.75, 3.05) is 13.2 Å². The molecule has 0 heterocycles. The molecule has 0 amide bonds. The van der Waals surface area contributed by atoms with Gasteiger partial charge >= 0.3 is 11.9 Å². The zero-order valence-corrected chi connectivity index (χ0v) is 27.5. The van der Waals surface area contributed by atoms with E-state index in [1.165, 1.54) is 128 Å². The number of rotatable bonds is 30. The van der Waals surface area contributed by atoms with E-state index in [-0.39, 0.29) is 13.2 Å². The highest BCUT2D eigenvalue weighted by molar-refractivity contribution is 5.66. The van der Waals surface area contributed by atoms with E-state index in [0.717, 1.165) is 44.9 Å². The Morgan fingerprint density at radius 2 is 0.537 bits per heavy atom. The molecule has 0 aliphatic heterocycles. The minimum atomic E-state index is -0.655. The molecule has 0 unspecified atom stereocenters. The summed E-state index contributed by atoms with van der Waals surface area (Å²) in [4.78, 5) is 20.6. The van der Waals surface area contributed by atoms with Crippen molar-refractivity contribution in [3.05, 3.63) is 0 Å². The Balaban J connectivity index is -0.000000574. The van der Waals surface area contributed by atoms with Gasteiger partial charge in [-0.2, -0.15) is 0 Å². The van der Waals surface area contributed by atoms with E-state index in [1.807, 2.05) is 0 Å². The smallest absolute Gasteiger partial charge is 0.303 e. The Hall–Kier alpha value is -1.14. The van der Waals surface area contributed by atoms with Crippen LogP contribution >= 0.6 is 0 Å². The molecule has 0 radical (unpaired) electrons. The molecule has 0 aromatic heterocycles. The quantitative estimate of drug-likeness (QED) is 0.0620. The van der Waals surface area contributed by atoms with Gasteiger partial charge in [-0.25, -0.2) is 0 Å². The predicted molar refractivity (Wildman–Crippen MR) is 175 cm³/mol. The van der Waals surface area contributed by atoms with Crippen LogP contribution in [-0.4, -0.2) is 45.6 Å². The molecular formula is C35H72O6. The van der Waals surface area contributed by atoms with E-state index < -0.39 is 11.9 Å². The number of aliphatic hydroxyl groups excluding tert-OH is 2. The fourth-order valence-corrected chi connectivity index (χ4v) is 4.63. The first kappa shape index (κ1) is 44.3. The topological polar surface area (TPSA) is 115 Å². The third-order valence-corrected chi connectivity index (χ3v) is 7.30. The van der Waals surface area contributed by atoms with Crippen LogP contribution in [0.15, 0.2) is 0 Å². The average Bonchev–Trinajstić information content (AvgIpc) is 2.95. The van der Waals surface area contributed by atoms with Gasteiger partial charge in [-0.3, -0.25) is 9.59 Å². The van der Waals surface area contributed by atoms with Gasteiger partial charge in [0.1, 0.15) is 0 Å². The third-order valence-electron chi connectivity index (χ3n) is 7.30. The molecule has 0 aliphatic rings. The summed E-state index contributed by atoms with van der Waals surface area (Å²) in [5.74, 6) is -1.31. The summed E-state index contributed by atoms with van der Waals surface area (Å²) in [5.41, 5.74) is 0. The number of hydrogen-bond donors (Lipinski definition) is 4. The zero-order chi connectivity index (χ0) is 31.1. The number of carboxylic acid groups (broad SMARTS) is 2. The Morgan fingerprint density at radius 3 is 0.732 bits per heavy atom. The molecule has 0 spiro atoms. The number of hydrogen-bond acceptors (Lipinski definition) is 4. The van der Waals surface area contributed by atoms with Gasteiger partial charge in [0.2, 0.25) is 0 Å². The van der Waals surface area contributed by atoms with Crippen LogP contribution in [0.2, 0.25) is 0 Å². The lowest BCUT2D eigenvalue weighted by atomic mass is 10.0. The van der Waals surface area contributed by atoms with Crippen molar-refractivity contribution >= 4 is 11.9 Å². The average molecular weight is 589 g/mol. The van der Waals surface area contributed by atoms with Crippen LogP contribution in [0.25, 0.3) is 0 Å². The molecule has 0 rings (SSSR count). The van der Waals surface area contributed by atoms with Crippen molar-refractivity contribution in [3.63, 3.8) is 0 Å². The van der Waals surface area contributed by atoms with Crippen LogP contribution < -0.4 is 0 Å². The lowest BCUT2D eigenvalue weighted by Gasteiger charge is -2.02. The summed E-state index contributed by atoms with van der Waals surface area (Å²) in [5, 5.41) is 33.4. The lowest BCUT2D eigenvalue weighted by Crippen LogP contribution is -1.93. The third kappa shape index (κ3) is 55.4. The molecule has 41 heavy (non-hydrogen) atoms. The van der Waals surface area contributed by atoms with E-state index in [1.54, 1.807) is 0 Å². The maximum Gasteiger partial charge on any atom is 0.303 e. The Kier molecular flexibility index (Phi) is 46.8. The second-order valence-electron chi connectivity index (χ2n) is 11.6. The van der Waals surface area contributed by atoms with Crippen LogP contribution in [-0.2, 0) is 9.59 Å². The fraction of sp³-hybridized carbons (Fsp3) is 0.943. The first-order valence-electron chi connectivity index (χ1n) is 17.6. The monoisotopic (exact) mass is 589 g/mol. The van der Waals surface area contributed by atoms with Crippen molar-refractivity contribution in [2.24, 2.45) is 0 Å². The predicted octanol–water partition coefficient (Wildman–Crippen LogP) is 10.5. The number of carboxylic acids is 2. The molecule has 248 valence electrons. The number of aliphatic carboxylic acids is 2. The molecule has 0 saturated carbocycles. The van der Waals surface area contributed by atoms with Crippen molar-refractivity contribution in [2.45, 2.75) is 200 Å². The summed E-state index contributed by atoms with van der Waals surface area (Å²) in [6.07, 6.45) is 34.2. The normalized spacial score (nSPS) is 10.4. The molecule has 0 saturated heterocycles. The molecule has 6 heteroatoms. The molecule has 0 aromatic carbocycles. The maximum absolute atomic E-state index is 10.3. The van der Waals surface area contributed by atoms with Gasteiger partial charge in [0.25, 0.3) is 0 Å². The van der Waals surface area contributed by atoms with Crippen molar-refractivity contribution in [1.82, 2.24) is 0 Å². The Labute approximate surface area is 255 Å². The second kappa shape index (κ2) is 43.3. The van der Waals surface area contributed by atoms with Crippen LogP contribution in [0, 0.1) is 0 Å². The minimum absolute atomic E-state index is 0.250. The van der Waals surface area contributed by atoms with Gasteiger partial charge in [0.05, 0.1) is 0 Å². The summed E-state index contributed by atoms with van der Waals surface area (Å²) >= 11 is 0. The molecule has 6 nitrogen and oxygen atoms in total. The van der Waals surface area contributed by atoms with Crippen LogP contribution in [0.3, 0.4) is 0 Å². The largest absolute Gasteiger partial charge is 0.481 e. The highest BCUT2D eigenvalue weighted by atomic mass is 16.4. The first-order chi connectivity index (χ1) is 20.0. The standard InChI is InChI=1S/2C15H30O2.C5H12O2/c2*1-2-3-4-5-6-7-8-9-10-11-12-13-14-15(16)17;6-4-2-1-3-5-7/h2*2-14H2,1H3,(H,16,17);6-7H,1-5H2. The van der Waals surface area contributed by atoms with Gasteiger partial charge in [0.15, 0.2) is 0 Å². The fourth-order valence-electron chi connectivity index (χ4n) is 4.63. The van der Waals surface area contributed by atoms with Gasteiger partial charge in [0, 0.05) is 26.1 Å². The van der Waals surface area contributed by atoms with E-state index in [4.69, 9.17) is 20.4 Å². The second-order valence-corrected chi connectivity index (χ2v) is 11.6. The molecule has 0 aliphatic carbocycles. The molecule has 0 bridgehead atoms. The van der Waals surface area contributed by atoms with Crippen LogP contribution in [0.4, 0.5) is 0 Å². The summed E-state index contributed by atoms with van der Waals surface area (Å²) < 4.78 is 0. The van der Waals surface area contributed by atoms with E-state index in [9.17, 15) is 9.59 Å². The zero-order valence-electron chi connectivity index (χ0n) is 27.5. The van der Waals surface area contributed by atoms with E-state index in [0.29, 0.717) is 12.8 Å². The van der Waals surface area contributed by atoms with Gasteiger partial charge in [-0.05, 0) is 32.1 Å². The number of unbranched alkanes of at least 4 members (excludes halogenated alkanes) is 24. The van der Waals surface area contributed by atoms with Crippen molar-refractivity contribution in [1.29, 1.82) is 0 Å². The van der Waals surface area contributed by atoms with Gasteiger partial charge < -0.3 is 20.4 Å². The van der Waals surface area contributed by atoms with Crippen molar-refractivity contribution in [3.8, 4) is 0 Å². The maximum atomic E-state index is 10.3. The molecular weight excluding hydrogens is 516 g/mol. The Bertz CT molecular complexity index is 441. The minimum Gasteiger partial charge on any atom is -0.481 e. The highest BCUT2D eigenvalue weighted by Crippen LogP contribution is 2.13. The summed E-state index contributed by atoms with van der Waals surface area (Å²) in [6, 6.07) is 0. The SMILES string of the molecule is CCCCCCCCCCCCCCC(=O)O.CCCCCCCCCCCCCCC(=O)O.OCCCCCO. The van der Waals surface area contributed by atoms with Crippen LogP contribution in [0.5, 0.6) is 0 Å². The Morgan fingerprint density at radius 1 is 0.341 bits per heavy atom. The number of aliphatic hydroxyl groups is 2. The molecule has 0 fully saturated rings. The number of carbonyl (C=O) groups is 2. The van der Waals surface area contributed by atoms with Crippen LogP contribution in [0.1, 0.15) is 200 Å².